The maximum Gasteiger partial charge on any atom is 0.325 e. The summed E-state index contributed by atoms with van der Waals surface area (Å²) in [6.45, 7) is 1.49. The molecule has 0 aromatic heterocycles. The molecule has 1 aromatic carbocycles. The number of nitrogens with one attached hydrogen (secondary N) is 1. The second-order valence-electron chi connectivity index (χ2n) is 6.17. The van der Waals surface area contributed by atoms with Gasteiger partial charge in [0.25, 0.3) is 0 Å². The summed E-state index contributed by atoms with van der Waals surface area (Å²) in [6, 6.07) is 4.74. The Hall–Kier alpha value is -2.04. The predicted octanol–water partition coefficient (Wildman–Crippen LogP) is 0.480. The molecule has 2 heterocycles. The number of nitrogens with two attached hydrogens (primary N) is 1. The lowest BCUT2D eigenvalue weighted by molar-refractivity contribution is -0.0525. The Balaban J connectivity index is 1.91. The molecule has 26 heavy (non-hydrogen) atoms. The Morgan fingerprint density at radius 1 is 1.42 bits per heavy atom. The molecule has 8 nitrogen and oxygen atoms in total. The van der Waals surface area contributed by atoms with Crippen LogP contribution in [0.15, 0.2) is 36.3 Å². The number of benzene rings is 1. The van der Waals surface area contributed by atoms with E-state index in [4.69, 9.17) is 22.1 Å². The number of urea groups is 1. The molecule has 2 amide bonds. The number of hydrogen-bond acceptors (Lipinski definition) is 6. The molecule has 0 bridgehead atoms. The van der Waals surface area contributed by atoms with E-state index in [-0.39, 0.29) is 10.6 Å². The molecule has 0 aliphatic carbocycles. The van der Waals surface area contributed by atoms with Crippen LogP contribution in [0.4, 0.5) is 9.18 Å². The highest BCUT2D eigenvalue weighted by Crippen LogP contribution is 2.30. The number of ether oxygens (including phenoxy) is 1. The molecule has 1 fully saturated rings. The minimum absolute atomic E-state index is 0.0125. The number of ketones is 1. The van der Waals surface area contributed by atoms with Crippen molar-refractivity contribution in [1.29, 1.82) is 0 Å². The summed E-state index contributed by atoms with van der Waals surface area (Å²) in [4.78, 5) is 25.7. The number of carbonyl (C=O) groups is 2. The van der Waals surface area contributed by atoms with Crippen LogP contribution in [-0.4, -0.2) is 57.1 Å². The van der Waals surface area contributed by atoms with Crippen molar-refractivity contribution in [1.82, 2.24) is 10.2 Å². The number of aliphatic hydroxyl groups excluding tert-OH is 2. The first kappa shape index (κ1) is 18.7. The Morgan fingerprint density at radius 3 is 2.69 bits per heavy atom. The quantitative estimate of drug-likeness (QED) is 0.561. The standard InChI is InChI=1S/C16H17ClFN3O5/c1-7-11(22)12(23)14(26-7)21-6-10(18)16(19,20-15(21)25)13(24)8-3-2-4-9(17)5-8/h2-7,11-12,14,22-23H,19H2,1H3,(H,20,25)/t7-,11-,12-,14-,16?/m1/s1. The minimum atomic E-state index is -2.42. The molecule has 2 aliphatic heterocycles. The van der Waals surface area contributed by atoms with Gasteiger partial charge in [-0.25, -0.2) is 9.18 Å². The third-order valence-electron chi connectivity index (χ3n) is 4.36. The molecule has 10 heteroatoms. The van der Waals surface area contributed by atoms with Crippen LogP contribution in [0.5, 0.6) is 0 Å². The number of aliphatic hydroxyl groups is 2. The van der Waals surface area contributed by atoms with E-state index in [9.17, 15) is 24.2 Å². The third kappa shape index (κ3) is 2.97. The highest BCUT2D eigenvalue weighted by Gasteiger charge is 2.51. The van der Waals surface area contributed by atoms with Crippen molar-refractivity contribution in [3.63, 3.8) is 0 Å². The molecular formula is C16H17ClFN3O5. The Bertz CT molecular complexity index is 791. The van der Waals surface area contributed by atoms with Gasteiger partial charge >= 0.3 is 6.03 Å². The monoisotopic (exact) mass is 385 g/mol. The minimum Gasteiger partial charge on any atom is -0.388 e. The second-order valence-corrected chi connectivity index (χ2v) is 6.61. The lowest BCUT2D eigenvalue weighted by Crippen LogP contribution is -2.68. The van der Waals surface area contributed by atoms with Crippen molar-refractivity contribution >= 4 is 23.4 Å². The van der Waals surface area contributed by atoms with Crippen molar-refractivity contribution in [3.05, 3.63) is 46.9 Å². The molecule has 1 unspecified atom stereocenters. The highest BCUT2D eigenvalue weighted by molar-refractivity contribution is 6.31. The topological polar surface area (TPSA) is 125 Å². The SMILES string of the molecule is C[C@H]1O[C@@H](N2C=C(F)C(N)(C(=O)c3cccc(Cl)c3)NC2=O)[C@H](O)[C@@H]1O. The van der Waals surface area contributed by atoms with Gasteiger partial charge in [0.2, 0.25) is 11.4 Å². The molecule has 1 saturated heterocycles. The largest absolute Gasteiger partial charge is 0.388 e. The number of amides is 2. The zero-order valence-electron chi connectivity index (χ0n) is 13.6. The highest BCUT2D eigenvalue weighted by atomic mass is 35.5. The first-order valence-electron chi connectivity index (χ1n) is 7.74. The lowest BCUT2D eigenvalue weighted by atomic mass is 9.96. The molecule has 140 valence electrons. The van der Waals surface area contributed by atoms with Crippen LogP contribution in [0.2, 0.25) is 5.02 Å². The predicted molar refractivity (Wildman–Crippen MR) is 88.6 cm³/mol. The third-order valence-corrected chi connectivity index (χ3v) is 4.60. The van der Waals surface area contributed by atoms with Gasteiger partial charge in [-0.2, -0.15) is 0 Å². The number of carbonyl (C=O) groups excluding carboxylic acids is 2. The number of hydrogen-bond donors (Lipinski definition) is 4. The molecule has 0 saturated carbocycles. The summed E-state index contributed by atoms with van der Waals surface area (Å²) in [7, 11) is 0. The summed E-state index contributed by atoms with van der Waals surface area (Å²) in [5.74, 6) is -2.06. The van der Waals surface area contributed by atoms with Crippen molar-refractivity contribution in [2.45, 2.75) is 37.1 Å². The molecule has 0 radical (unpaired) electrons. The zero-order chi connectivity index (χ0) is 19.2. The Morgan fingerprint density at radius 2 is 2.12 bits per heavy atom. The molecule has 1 aromatic rings. The van der Waals surface area contributed by atoms with E-state index in [2.05, 4.69) is 5.32 Å². The van der Waals surface area contributed by atoms with Gasteiger partial charge in [0.05, 0.1) is 6.10 Å². The summed E-state index contributed by atoms with van der Waals surface area (Å²) in [5.41, 5.74) is 3.41. The number of Topliss-reactive ketones (excluding diaryl/α,β-unsaturated/α-hetero) is 1. The summed E-state index contributed by atoms with van der Waals surface area (Å²) in [6.07, 6.45) is -4.11. The van der Waals surface area contributed by atoms with Crippen LogP contribution in [0.1, 0.15) is 17.3 Å². The summed E-state index contributed by atoms with van der Waals surface area (Å²) in [5, 5.41) is 22.1. The fourth-order valence-corrected chi connectivity index (χ4v) is 3.03. The summed E-state index contributed by atoms with van der Waals surface area (Å²) >= 11 is 5.83. The maximum atomic E-state index is 14.7. The first-order chi connectivity index (χ1) is 12.1. The van der Waals surface area contributed by atoms with Crippen molar-refractivity contribution in [2.24, 2.45) is 5.73 Å². The average Bonchev–Trinajstić information content (AvgIpc) is 2.85. The van der Waals surface area contributed by atoms with Crippen molar-refractivity contribution in [3.8, 4) is 0 Å². The fourth-order valence-electron chi connectivity index (χ4n) is 2.84. The molecule has 3 rings (SSSR count). The van der Waals surface area contributed by atoms with Crippen molar-refractivity contribution < 1.29 is 28.9 Å². The Labute approximate surface area is 153 Å². The second kappa shape index (κ2) is 6.60. The van der Waals surface area contributed by atoms with Crippen LogP contribution in [0.3, 0.4) is 0 Å². The molecule has 0 spiro atoms. The Kier molecular flexibility index (Phi) is 4.76. The zero-order valence-corrected chi connectivity index (χ0v) is 14.4. The van der Waals surface area contributed by atoms with E-state index in [1.54, 1.807) is 0 Å². The van der Waals surface area contributed by atoms with Gasteiger partial charge in [-0.05, 0) is 19.1 Å². The van der Waals surface area contributed by atoms with E-state index < -0.39 is 47.8 Å². The smallest absolute Gasteiger partial charge is 0.325 e. The van der Waals surface area contributed by atoms with Gasteiger partial charge in [0, 0.05) is 16.8 Å². The number of halogens is 2. The summed E-state index contributed by atoms with van der Waals surface area (Å²) < 4.78 is 20.0. The van der Waals surface area contributed by atoms with Crippen LogP contribution in [0.25, 0.3) is 0 Å². The fraction of sp³-hybridized carbons (Fsp3) is 0.375. The van der Waals surface area contributed by atoms with E-state index in [1.165, 1.54) is 31.2 Å². The van der Waals surface area contributed by atoms with E-state index >= 15 is 0 Å². The van der Waals surface area contributed by atoms with Crippen LogP contribution < -0.4 is 11.1 Å². The molecule has 5 N–H and O–H groups in total. The van der Waals surface area contributed by atoms with Gasteiger partial charge in [-0.15, -0.1) is 0 Å². The van der Waals surface area contributed by atoms with Gasteiger partial charge in [-0.3, -0.25) is 15.4 Å². The lowest BCUT2D eigenvalue weighted by Gasteiger charge is -2.37. The van der Waals surface area contributed by atoms with Crippen molar-refractivity contribution in [2.75, 3.05) is 0 Å². The average molecular weight is 386 g/mol. The van der Waals surface area contributed by atoms with Crippen LogP contribution in [-0.2, 0) is 4.74 Å². The number of rotatable bonds is 3. The van der Waals surface area contributed by atoms with Gasteiger partial charge in [-0.1, -0.05) is 23.7 Å². The number of nitrogens with zero attached hydrogens (tertiary/aromatic N) is 1. The van der Waals surface area contributed by atoms with Crippen LogP contribution >= 0.6 is 11.6 Å². The van der Waals surface area contributed by atoms with E-state index in [1.807, 2.05) is 0 Å². The van der Waals surface area contributed by atoms with Gasteiger partial charge in [0.15, 0.2) is 12.1 Å². The van der Waals surface area contributed by atoms with E-state index in [0.717, 1.165) is 0 Å². The first-order valence-corrected chi connectivity index (χ1v) is 8.12. The molecule has 2 aliphatic rings. The normalized spacial score (nSPS) is 34.5. The van der Waals surface area contributed by atoms with E-state index in [0.29, 0.717) is 11.1 Å². The van der Waals surface area contributed by atoms with Gasteiger partial charge in [0.1, 0.15) is 12.2 Å². The maximum absolute atomic E-state index is 14.7. The van der Waals surface area contributed by atoms with Gasteiger partial charge < -0.3 is 20.3 Å². The molecular weight excluding hydrogens is 369 g/mol. The molecule has 5 atom stereocenters. The van der Waals surface area contributed by atoms with Crippen LogP contribution in [0, 0.1) is 0 Å².